The van der Waals surface area contributed by atoms with E-state index in [0.717, 1.165) is 6.07 Å². The van der Waals surface area contributed by atoms with Crippen molar-refractivity contribution in [2.75, 3.05) is 6.61 Å². The fraction of sp³-hybridized carbons (Fsp3) is 0.333. The summed E-state index contributed by atoms with van der Waals surface area (Å²) in [5.41, 5.74) is 0. The van der Waals surface area contributed by atoms with E-state index in [9.17, 15) is 18.0 Å². The van der Waals surface area contributed by atoms with Crippen LogP contribution in [0, 0.1) is 0 Å². The fourth-order valence-corrected chi connectivity index (χ4v) is 3.06. The number of ether oxygens (including phenoxy) is 1. The minimum absolute atomic E-state index is 0.00969. The number of rotatable bonds is 7. The van der Waals surface area contributed by atoms with Gasteiger partial charge < -0.3 is 9.84 Å². The third-order valence-corrected chi connectivity index (χ3v) is 4.66. The molecule has 0 fully saturated rings. The molecule has 2 N–H and O–H groups in total. The first kappa shape index (κ1) is 18.7. The largest absolute Gasteiger partial charge is 0.481 e. The van der Waals surface area contributed by atoms with Gasteiger partial charge in [0, 0.05) is 0 Å². The number of benzene rings is 1. The Morgan fingerprint density at radius 3 is 2.45 bits per heavy atom. The smallest absolute Gasteiger partial charge is 0.324 e. The maximum Gasteiger partial charge on any atom is 0.324 e. The quantitative estimate of drug-likeness (QED) is 0.707. The summed E-state index contributed by atoms with van der Waals surface area (Å²) in [4.78, 5) is 22.2. The molecule has 0 spiro atoms. The highest BCUT2D eigenvalue weighted by Gasteiger charge is 2.29. The lowest BCUT2D eigenvalue weighted by Gasteiger charge is -2.16. The van der Waals surface area contributed by atoms with Gasteiger partial charge in [0.1, 0.15) is 6.04 Å². The SMILES string of the molecule is CCOC(=O)[C@@H](CC(=O)O)NS(=O)(=O)c1ccc(Cl)c(Cl)c1. The lowest BCUT2D eigenvalue weighted by atomic mass is 10.2. The summed E-state index contributed by atoms with van der Waals surface area (Å²) in [6.07, 6.45) is -0.751. The molecule has 122 valence electrons. The second-order valence-electron chi connectivity index (χ2n) is 4.10. The predicted molar refractivity (Wildman–Crippen MR) is 79.5 cm³/mol. The van der Waals surface area contributed by atoms with E-state index in [1.165, 1.54) is 19.1 Å². The van der Waals surface area contributed by atoms with E-state index in [0.29, 0.717) is 0 Å². The highest BCUT2D eigenvalue weighted by atomic mass is 35.5. The van der Waals surface area contributed by atoms with Crippen molar-refractivity contribution in [1.29, 1.82) is 0 Å². The molecule has 0 heterocycles. The molecule has 0 unspecified atom stereocenters. The lowest BCUT2D eigenvalue weighted by Crippen LogP contribution is -2.43. The molecule has 0 aliphatic rings. The van der Waals surface area contributed by atoms with Crippen LogP contribution in [-0.2, 0) is 24.3 Å². The molecule has 0 aromatic heterocycles. The molecular weight excluding hydrogens is 357 g/mol. The van der Waals surface area contributed by atoms with Gasteiger partial charge >= 0.3 is 11.9 Å². The van der Waals surface area contributed by atoms with Crippen LogP contribution in [0.5, 0.6) is 0 Å². The first-order valence-electron chi connectivity index (χ1n) is 6.03. The first-order valence-corrected chi connectivity index (χ1v) is 8.27. The van der Waals surface area contributed by atoms with Crippen molar-refractivity contribution in [3.63, 3.8) is 0 Å². The van der Waals surface area contributed by atoms with E-state index in [1.807, 2.05) is 4.72 Å². The average Bonchev–Trinajstić information content (AvgIpc) is 2.40. The van der Waals surface area contributed by atoms with Gasteiger partial charge in [0.15, 0.2) is 0 Å². The highest BCUT2D eigenvalue weighted by Crippen LogP contribution is 2.25. The Kier molecular flexibility index (Phi) is 6.61. The van der Waals surface area contributed by atoms with Crippen LogP contribution >= 0.6 is 23.2 Å². The van der Waals surface area contributed by atoms with E-state index in [-0.39, 0.29) is 21.5 Å². The molecule has 1 aromatic carbocycles. The second kappa shape index (κ2) is 7.77. The van der Waals surface area contributed by atoms with Gasteiger partial charge in [-0.25, -0.2) is 8.42 Å². The van der Waals surface area contributed by atoms with Crippen molar-refractivity contribution in [3.8, 4) is 0 Å². The topological polar surface area (TPSA) is 110 Å². The molecule has 0 aliphatic carbocycles. The Morgan fingerprint density at radius 1 is 1.32 bits per heavy atom. The fourth-order valence-electron chi connectivity index (χ4n) is 1.49. The number of carboxylic acids is 1. The number of hydrogen-bond acceptors (Lipinski definition) is 5. The molecule has 0 aliphatic heterocycles. The van der Waals surface area contributed by atoms with Crippen molar-refractivity contribution in [2.24, 2.45) is 0 Å². The summed E-state index contributed by atoms with van der Waals surface area (Å²) in [7, 11) is -4.16. The standard InChI is InChI=1S/C12H13Cl2NO6S/c1-2-21-12(18)10(6-11(16)17)15-22(19,20)7-3-4-8(13)9(14)5-7/h3-5,10,15H,2,6H2,1H3,(H,16,17)/t10-/m1/s1. The van der Waals surface area contributed by atoms with Crippen molar-refractivity contribution in [1.82, 2.24) is 4.72 Å². The van der Waals surface area contributed by atoms with Crippen LogP contribution in [0.3, 0.4) is 0 Å². The molecule has 1 aromatic rings. The maximum atomic E-state index is 12.2. The monoisotopic (exact) mass is 369 g/mol. The number of sulfonamides is 1. The Bertz CT molecular complexity index is 676. The summed E-state index contributed by atoms with van der Waals surface area (Å²) < 4.78 is 31.0. The summed E-state index contributed by atoms with van der Waals surface area (Å²) in [5, 5.41) is 8.94. The van der Waals surface area contributed by atoms with E-state index in [2.05, 4.69) is 4.74 Å². The molecule has 1 rings (SSSR count). The first-order chi connectivity index (χ1) is 10.2. The number of esters is 1. The van der Waals surface area contributed by atoms with Crippen LogP contribution in [0.25, 0.3) is 0 Å². The number of aliphatic carboxylic acids is 1. The number of halogens is 2. The maximum absolute atomic E-state index is 12.2. The molecule has 0 bridgehead atoms. The third-order valence-electron chi connectivity index (χ3n) is 2.45. The molecule has 0 amide bonds. The van der Waals surface area contributed by atoms with Gasteiger partial charge in [-0.2, -0.15) is 4.72 Å². The van der Waals surface area contributed by atoms with Gasteiger partial charge in [0.25, 0.3) is 0 Å². The Labute approximate surface area is 137 Å². The van der Waals surface area contributed by atoms with Crippen molar-refractivity contribution < 1.29 is 27.9 Å². The van der Waals surface area contributed by atoms with Gasteiger partial charge in [0.2, 0.25) is 10.0 Å². The van der Waals surface area contributed by atoms with Crippen LogP contribution < -0.4 is 4.72 Å². The molecular formula is C12H13Cl2NO6S. The molecule has 1 atom stereocenters. The van der Waals surface area contributed by atoms with E-state index in [1.54, 1.807) is 0 Å². The average molecular weight is 370 g/mol. The van der Waals surface area contributed by atoms with Gasteiger partial charge in [-0.05, 0) is 25.1 Å². The molecule has 22 heavy (non-hydrogen) atoms. The summed E-state index contributed by atoms with van der Waals surface area (Å²) >= 11 is 11.4. The van der Waals surface area contributed by atoms with Crippen LogP contribution in [0.15, 0.2) is 23.1 Å². The highest BCUT2D eigenvalue weighted by molar-refractivity contribution is 7.89. The summed E-state index contributed by atoms with van der Waals surface area (Å²) in [5.74, 6) is -2.33. The van der Waals surface area contributed by atoms with E-state index < -0.39 is 34.4 Å². The van der Waals surface area contributed by atoms with Crippen molar-refractivity contribution in [3.05, 3.63) is 28.2 Å². The number of carbonyl (C=O) groups excluding carboxylic acids is 1. The van der Waals surface area contributed by atoms with Crippen LogP contribution in [0.4, 0.5) is 0 Å². The second-order valence-corrected chi connectivity index (χ2v) is 6.63. The third kappa shape index (κ3) is 5.13. The lowest BCUT2D eigenvalue weighted by molar-refractivity contribution is -0.149. The Balaban J connectivity index is 3.06. The van der Waals surface area contributed by atoms with Gasteiger partial charge in [-0.1, -0.05) is 23.2 Å². The van der Waals surface area contributed by atoms with E-state index in [4.69, 9.17) is 28.3 Å². The predicted octanol–water partition coefficient (Wildman–Crippen LogP) is 1.68. The Hall–Kier alpha value is -1.35. The van der Waals surface area contributed by atoms with Gasteiger partial charge in [0.05, 0.1) is 28.0 Å². The van der Waals surface area contributed by atoms with Crippen LogP contribution in [0.1, 0.15) is 13.3 Å². The number of carboxylic acid groups (broad SMARTS) is 1. The van der Waals surface area contributed by atoms with Gasteiger partial charge in [-0.3, -0.25) is 9.59 Å². The number of hydrogen-bond donors (Lipinski definition) is 2. The van der Waals surface area contributed by atoms with Gasteiger partial charge in [-0.15, -0.1) is 0 Å². The molecule has 7 nitrogen and oxygen atoms in total. The van der Waals surface area contributed by atoms with Crippen molar-refractivity contribution in [2.45, 2.75) is 24.3 Å². The normalized spacial score (nSPS) is 12.7. The zero-order valence-corrected chi connectivity index (χ0v) is 13.7. The Morgan fingerprint density at radius 2 is 1.95 bits per heavy atom. The molecule has 10 heteroatoms. The summed E-state index contributed by atoms with van der Waals surface area (Å²) in [6, 6.07) is 2.00. The minimum atomic E-state index is -4.16. The number of carbonyl (C=O) groups is 2. The molecule has 0 saturated heterocycles. The molecule has 0 radical (unpaired) electrons. The molecule has 0 saturated carbocycles. The van der Waals surface area contributed by atoms with Crippen LogP contribution in [0.2, 0.25) is 10.0 Å². The van der Waals surface area contributed by atoms with E-state index >= 15 is 0 Å². The summed E-state index contributed by atoms with van der Waals surface area (Å²) in [6.45, 7) is 1.51. The van der Waals surface area contributed by atoms with Crippen molar-refractivity contribution >= 4 is 45.2 Å². The number of nitrogens with one attached hydrogen (secondary N) is 1. The zero-order chi connectivity index (χ0) is 16.9. The zero-order valence-electron chi connectivity index (χ0n) is 11.4. The minimum Gasteiger partial charge on any atom is -0.481 e. The van der Waals surface area contributed by atoms with Crippen LogP contribution in [-0.4, -0.2) is 38.1 Å².